The van der Waals surface area contributed by atoms with Gasteiger partial charge < -0.3 is 0 Å². The Hall–Kier alpha value is -2.08. The summed E-state index contributed by atoms with van der Waals surface area (Å²) in [7, 11) is 0. The number of hydrogen-bond donors (Lipinski definition) is 0. The Morgan fingerprint density at radius 3 is 2.21 bits per heavy atom. The van der Waals surface area contributed by atoms with Gasteiger partial charge in [-0.05, 0) is 43.0 Å². The van der Waals surface area contributed by atoms with Crippen LogP contribution in [-0.2, 0) is 0 Å². The van der Waals surface area contributed by atoms with Gasteiger partial charge in [0, 0.05) is 0 Å². The molecule has 0 aliphatic heterocycles. The molecule has 0 heterocycles. The minimum atomic E-state index is 1.26. The fourth-order valence-electron chi connectivity index (χ4n) is 2.24. The molecule has 96 valence electrons. The average Bonchev–Trinajstić information content (AvgIpc) is 2.46. The zero-order valence-corrected chi connectivity index (χ0v) is 11.9. The molecule has 2 aromatic carbocycles. The van der Waals surface area contributed by atoms with E-state index >= 15 is 0 Å². The van der Waals surface area contributed by atoms with E-state index in [9.17, 15) is 0 Å². The van der Waals surface area contributed by atoms with E-state index in [0.717, 1.165) is 0 Å². The molecule has 0 radical (unpaired) electrons. The van der Waals surface area contributed by atoms with Crippen LogP contribution < -0.4 is 0 Å². The quantitative estimate of drug-likeness (QED) is 0.616. The van der Waals surface area contributed by atoms with Gasteiger partial charge in [-0.3, -0.25) is 0 Å². The highest BCUT2D eigenvalue weighted by Gasteiger charge is 2.06. The third-order valence-electron chi connectivity index (χ3n) is 3.26. The SMILES string of the molecule is C/C=C\C(=C/C)c1ccccc1-c1ccc(C)cc1. The highest BCUT2D eigenvalue weighted by molar-refractivity contribution is 5.85. The lowest BCUT2D eigenvalue weighted by Crippen LogP contribution is -1.88. The van der Waals surface area contributed by atoms with E-state index in [1.807, 2.05) is 0 Å². The number of hydrogen-bond acceptors (Lipinski definition) is 0. The lowest BCUT2D eigenvalue weighted by molar-refractivity contribution is 1.46. The van der Waals surface area contributed by atoms with Crippen molar-refractivity contribution < 1.29 is 0 Å². The fraction of sp³-hybridized carbons (Fsp3) is 0.158. The second kappa shape index (κ2) is 6.19. The van der Waals surface area contributed by atoms with Crippen LogP contribution in [0.2, 0.25) is 0 Å². The van der Waals surface area contributed by atoms with E-state index in [2.05, 4.69) is 87.5 Å². The molecule has 0 amide bonds. The first-order valence-electron chi connectivity index (χ1n) is 6.71. The third-order valence-corrected chi connectivity index (χ3v) is 3.26. The largest absolute Gasteiger partial charge is 0.0871 e. The molecule has 0 nitrogen and oxygen atoms in total. The number of allylic oxidation sites excluding steroid dienone is 4. The summed E-state index contributed by atoms with van der Waals surface area (Å²) in [6, 6.07) is 17.3. The molecule has 0 bridgehead atoms. The first kappa shape index (κ1) is 13.4. The van der Waals surface area contributed by atoms with Crippen LogP contribution in [0.5, 0.6) is 0 Å². The standard InChI is InChI=1S/C19H20/c1-4-8-16(5-2)18-9-6-7-10-19(18)17-13-11-15(3)12-14-17/h4-14H,1-3H3/b8-4-,16-5+. The van der Waals surface area contributed by atoms with E-state index in [1.165, 1.54) is 27.8 Å². The Balaban J connectivity index is 2.55. The summed E-state index contributed by atoms with van der Waals surface area (Å²) in [6.07, 6.45) is 6.40. The summed E-state index contributed by atoms with van der Waals surface area (Å²) in [4.78, 5) is 0. The van der Waals surface area contributed by atoms with Crippen LogP contribution in [0.4, 0.5) is 0 Å². The molecule has 0 fully saturated rings. The maximum atomic E-state index is 2.19. The average molecular weight is 248 g/mol. The van der Waals surface area contributed by atoms with Crippen molar-refractivity contribution in [2.45, 2.75) is 20.8 Å². The smallest absolute Gasteiger partial charge is 0.0106 e. The molecule has 0 saturated heterocycles. The van der Waals surface area contributed by atoms with E-state index in [-0.39, 0.29) is 0 Å². The van der Waals surface area contributed by atoms with Crippen molar-refractivity contribution in [3.63, 3.8) is 0 Å². The first-order chi connectivity index (χ1) is 9.26. The molecule has 0 atom stereocenters. The zero-order chi connectivity index (χ0) is 13.7. The highest BCUT2D eigenvalue weighted by atomic mass is 14.1. The molecule has 0 spiro atoms. The van der Waals surface area contributed by atoms with Gasteiger partial charge in [0.15, 0.2) is 0 Å². The molecule has 19 heavy (non-hydrogen) atoms. The number of aryl methyl sites for hydroxylation is 1. The van der Waals surface area contributed by atoms with Crippen molar-refractivity contribution in [3.05, 3.63) is 77.9 Å². The van der Waals surface area contributed by atoms with Crippen LogP contribution >= 0.6 is 0 Å². The third kappa shape index (κ3) is 3.03. The molecule has 0 heteroatoms. The van der Waals surface area contributed by atoms with Crippen molar-refractivity contribution in [1.29, 1.82) is 0 Å². The Morgan fingerprint density at radius 2 is 1.58 bits per heavy atom. The van der Waals surface area contributed by atoms with Crippen molar-refractivity contribution in [2.24, 2.45) is 0 Å². The van der Waals surface area contributed by atoms with Crippen LogP contribution in [0, 0.1) is 6.92 Å². The van der Waals surface area contributed by atoms with Gasteiger partial charge in [-0.15, -0.1) is 0 Å². The lowest BCUT2D eigenvalue weighted by Gasteiger charge is -2.11. The molecule has 0 saturated carbocycles. The molecular weight excluding hydrogens is 228 g/mol. The van der Waals surface area contributed by atoms with Crippen LogP contribution in [0.3, 0.4) is 0 Å². The molecule has 2 aromatic rings. The van der Waals surface area contributed by atoms with Gasteiger partial charge in [0.2, 0.25) is 0 Å². The normalized spacial score (nSPS) is 12.1. The summed E-state index contributed by atoms with van der Waals surface area (Å²) in [5, 5.41) is 0. The molecule has 0 aromatic heterocycles. The monoisotopic (exact) mass is 248 g/mol. The number of benzene rings is 2. The molecule has 2 rings (SSSR count). The maximum Gasteiger partial charge on any atom is -0.0106 e. The topological polar surface area (TPSA) is 0 Å². The van der Waals surface area contributed by atoms with Gasteiger partial charge in [-0.1, -0.05) is 72.3 Å². The number of rotatable bonds is 3. The lowest BCUT2D eigenvalue weighted by atomic mass is 9.94. The van der Waals surface area contributed by atoms with E-state index in [0.29, 0.717) is 0 Å². The Kier molecular flexibility index (Phi) is 4.35. The summed E-state index contributed by atoms with van der Waals surface area (Å²) >= 11 is 0. The van der Waals surface area contributed by atoms with E-state index in [4.69, 9.17) is 0 Å². The van der Waals surface area contributed by atoms with Crippen molar-refractivity contribution in [2.75, 3.05) is 0 Å². The van der Waals surface area contributed by atoms with Crippen molar-refractivity contribution >= 4 is 5.57 Å². The first-order valence-corrected chi connectivity index (χ1v) is 6.71. The predicted octanol–water partition coefficient (Wildman–Crippen LogP) is 5.64. The minimum absolute atomic E-state index is 1.26. The predicted molar refractivity (Wildman–Crippen MR) is 85.1 cm³/mol. The Labute approximate surface area is 116 Å². The Morgan fingerprint density at radius 1 is 0.895 bits per heavy atom. The molecule has 0 unspecified atom stereocenters. The van der Waals surface area contributed by atoms with Crippen LogP contribution in [-0.4, -0.2) is 0 Å². The van der Waals surface area contributed by atoms with Crippen LogP contribution in [0.1, 0.15) is 25.0 Å². The van der Waals surface area contributed by atoms with Gasteiger partial charge in [-0.25, -0.2) is 0 Å². The molecule has 0 aliphatic carbocycles. The second-order valence-corrected chi connectivity index (χ2v) is 4.66. The molecule has 0 aliphatic rings. The van der Waals surface area contributed by atoms with Gasteiger partial charge in [0.1, 0.15) is 0 Å². The summed E-state index contributed by atoms with van der Waals surface area (Å²) in [6.45, 7) is 6.26. The molecular formula is C19H20. The summed E-state index contributed by atoms with van der Waals surface area (Å²) in [5.41, 5.74) is 6.39. The van der Waals surface area contributed by atoms with Gasteiger partial charge in [0.05, 0.1) is 0 Å². The molecule has 0 N–H and O–H groups in total. The van der Waals surface area contributed by atoms with Gasteiger partial charge in [0.25, 0.3) is 0 Å². The van der Waals surface area contributed by atoms with E-state index < -0.39 is 0 Å². The van der Waals surface area contributed by atoms with Crippen molar-refractivity contribution in [1.82, 2.24) is 0 Å². The van der Waals surface area contributed by atoms with E-state index in [1.54, 1.807) is 0 Å². The van der Waals surface area contributed by atoms with Gasteiger partial charge >= 0.3 is 0 Å². The second-order valence-electron chi connectivity index (χ2n) is 4.66. The fourth-order valence-corrected chi connectivity index (χ4v) is 2.24. The van der Waals surface area contributed by atoms with Crippen LogP contribution in [0.25, 0.3) is 16.7 Å². The van der Waals surface area contributed by atoms with Gasteiger partial charge in [-0.2, -0.15) is 0 Å². The van der Waals surface area contributed by atoms with Crippen molar-refractivity contribution in [3.8, 4) is 11.1 Å². The van der Waals surface area contributed by atoms with Crippen LogP contribution in [0.15, 0.2) is 66.8 Å². The zero-order valence-electron chi connectivity index (χ0n) is 11.9. The minimum Gasteiger partial charge on any atom is -0.0871 e. The maximum absolute atomic E-state index is 2.19. The highest BCUT2D eigenvalue weighted by Crippen LogP contribution is 2.29. The summed E-state index contributed by atoms with van der Waals surface area (Å²) < 4.78 is 0. The summed E-state index contributed by atoms with van der Waals surface area (Å²) in [5.74, 6) is 0. The Bertz CT molecular complexity index is 598.